The minimum atomic E-state index is -0.931. The Balaban J connectivity index is 1.64. The molecule has 2 bridgehead atoms. The molecule has 4 atom stereocenters. The zero-order chi connectivity index (χ0) is 17.6. The van der Waals surface area contributed by atoms with Crippen molar-refractivity contribution in [3.63, 3.8) is 0 Å². The highest BCUT2D eigenvalue weighted by molar-refractivity contribution is 6.31. The van der Waals surface area contributed by atoms with Crippen molar-refractivity contribution in [2.75, 3.05) is 5.32 Å². The molecule has 0 aliphatic heterocycles. The van der Waals surface area contributed by atoms with Gasteiger partial charge in [-0.05, 0) is 36.5 Å². The molecule has 1 aromatic carbocycles. The van der Waals surface area contributed by atoms with E-state index in [1.165, 1.54) is 17.3 Å². The number of nitrogens with one attached hydrogen (secondary N) is 1. The third-order valence-electron chi connectivity index (χ3n) is 4.93. The molecule has 1 saturated carbocycles. The number of nitrogens with zero attached hydrogens (tertiary/aromatic N) is 3. The van der Waals surface area contributed by atoms with E-state index in [-0.39, 0.29) is 17.7 Å². The monoisotopic (exact) mass is 358 g/mol. The molecule has 7 nitrogen and oxygen atoms in total. The standard InChI is InChI=1S/C17H15ClN4O3/c18-11-3-4-13(22-8-19-7-20-22)12(6-11)21-16(23)14-9-1-2-10(5-9)15(14)17(24)25/h1-4,6-10,14-15H,5H2,(H,21,23)(H,24,25). The average molecular weight is 359 g/mol. The predicted octanol–water partition coefficient (Wildman–Crippen LogP) is 2.38. The smallest absolute Gasteiger partial charge is 0.307 e. The lowest BCUT2D eigenvalue weighted by molar-refractivity contribution is -0.146. The molecular weight excluding hydrogens is 344 g/mol. The molecule has 2 aliphatic carbocycles. The number of anilines is 1. The summed E-state index contributed by atoms with van der Waals surface area (Å²) < 4.78 is 1.52. The maximum Gasteiger partial charge on any atom is 0.307 e. The highest BCUT2D eigenvalue weighted by Gasteiger charge is 2.51. The van der Waals surface area contributed by atoms with Crippen LogP contribution >= 0.6 is 11.6 Å². The Morgan fingerprint density at radius 1 is 1.24 bits per heavy atom. The van der Waals surface area contributed by atoms with Crippen LogP contribution in [0.5, 0.6) is 0 Å². The number of rotatable bonds is 4. The van der Waals surface area contributed by atoms with Crippen molar-refractivity contribution in [2.45, 2.75) is 6.42 Å². The molecule has 1 heterocycles. The molecular formula is C17H15ClN4O3. The van der Waals surface area contributed by atoms with Crippen LogP contribution in [0.15, 0.2) is 43.0 Å². The fourth-order valence-electron chi connectivity index (χ4n) is 3.87. The largest absolute Gasteiger partial charge is 0.481 e. The van der Waals surface area contributed by atoms with E-state index in [2.05, 4.69) is 15.4 Å². The van der Waals surface area contributed by atoms with Gasteiger partial charge in [0.2, 0.25) is 5.91 Å². The number of hydrogen-bond donors (Lipinski definition) is 2. The highest BCUT2D eigenvalue weighted by Crippen LogP contribution is 2.48. The van der Waals surface area contributed by atoms with Gasteiger partial charge in [-0.25, -0.2) is 9.67 Å². The van der Waals surface area contributed by atoms with E-state index in [9.17, 15) is 14.7 Å². The topological polar surface area (TPSA) is 97.1 Å². The van der Waals surface area contributed by atoms with Crippen LogP contribution < -0.4 is 5.32 Å². The molecule has 4 unspecified atom stereocenters. The molecule has 1 fully saturated rings. The molecule has 4 rings (SSSR count). The van der Waals surface area contributed by atoms with E-state index < -0.39 is 17.8 Å². The van der Waals surface area contributed by atoms with Gasteiger partial charge in [0.15, 0.2) is 0 Å². The first-order valence-electron chi connectivity index (χ1n) is 7.91. The van der Waals surface area contributed by atoms with E-state index in [1.807, 2.05) is 12.2 Å². The number of carboxylic acids is 1. The maximum atomic E-state index is 12.9. The van der Waals surface area contributed by atoms with Crippen LogP contribution in [0.4, 0.5) is 5.69 Å². The number of aromatic nitrogens is 3. The number of allylic oxidation sites excluding steroid dienone is 2. The summed E-state index contributed by atoms with van der Waals surface area (Å²) in [5.74, 6) is -2.64. The van der Waals surface area contributed by atoms with Gasteiger partial charge >= 0.3 is 5.97 Å². The summed E-state index contributed by atoms with van der Waals surface area (Å²) in [4.78, 5) is 28.4. The third-order valence-corrected chi connectivity index (χ3v) is 5.16. The molecule has 0 saturated heterocycles. The van der Waals surface area contributed by atoms with Crippen LogP contribution in [0.1, 0.15) is 6.42 Å². The number of halogens is 1. The van der Waals surface area contributed by atoms with Crippen LogP contribution in [-0.2, 0) is 9.59 Å². The van der Waals surface area contributed by atoms with Gasteiger partial charge < -0.3 is 10.4 Å². The van der Waals surface area contributed by atoms with Crippen LogP contribution in [0.2, 0.25) is 5.02 Å². The molecule has 1 aromatic heterocycles. The van der Waals surface area contributed by atoms with Crippen LogP contribution in [-0.4, -0.2) is 31.7 Å². The SMILES string of the molecule is O=C(O)C1C2C=CC(C2)C1C(=O)Nc1cc(Cl)ccc1-n1cncn1. The fraction of sp³-hybridized carbons (Fsp3) is 0.294. The number of carboxylic acid groups (broad SMARTS) is 1. The molecule has 8 heteroatoms. The number of carbonyl (C=O) groups is 2. The van der Waals surface area contributed by atoms with Crippen molar-refractivity contribution in [3.05, 3.63) is 48.0 Å². The van der Waals surface area contributed by atoms with Crippen molar-refractivity contribution in [2.24, 2.45) is 23.7 Å². The molecule has 1 amide bonds. The van der Waals surface area contributed by atoms with Gasteiger partial charge in [0.25, 0.3) is 0 Å². The number of fused-ring (bicyclic) bond motifs is 2. The Bertz CT molecular complexity index is 865. The lowest BCUT2D eigenvalue weighted by atomic mass is 9.82. The summed E-state index contributed by atoms with van der Waals surface area (Å²) in [6.45, 7) is 0. The highest BCUT2D eigenvalue weighted by atomic mass is 35.5. The minimum Gasteiger partial charge on any atom is -0.481 e. The summed E-state index contributed by atoms with van der Waals surface area (Å²) in [5.41, 5.74) is 1.08. The molecule has 0 radical (unpaired) electrons. The second-order valence-electron chi connectivity index (χ2n) is 6.33. The molecule has 2 aromatic rings. The minimum absolute atomic E-state index is 0.0416. The van der Waals surface area contributed by atoms with Gasteiger partial charge in [0.1, 0.15) is 12.7 Å². The molecule has 128 valence electrons. The molecule has 0 spiro atoms. The van der Waals surface area contributed by atoms with Crippen LogP contribution in [0.25, 0.3) is 5.69 Å². The third kappa shape index (κ3) is 2.70. The van der Waals surface area contributed by atoms with Gasteiger partial charge in [-0.15, -0.1) is 0 Å². The van der Waals surface area contributed by atoms with E-state index in [0.717, 1.165) is 0 Å². The summed E-state index contributed by atoms with van der Waals surface area (Å²) in [5, 5.41) is 16.9. The fourth-order valence-corrected chi connectivity index (χ4v) is 4.05. The van der Waals surface area contributed by atoms with Crippen LogP contribution in [0, 0.1) is 23.7 Å². The first kappa shape index (κ1) is 15.8. The quantitative estimate of drug-likeness (QED) is 0.818. The predicted molar refractivity (Wildman–Crippen MR) is 90.4 cm³/mol. The summed E-state index contributed by atoms with van der Waals surface area (Å²) in [7, 11) is 0. The Morgan fingerprint density at radius 2 is 2.00 bits per heavy atom. The van der Waals surface area contributed by atoms with Gasteiger partial charge in [-0.3, -0.25) is 9.59 Å². The zero-order valence-corrected chi connectivity index (χ0v) is 13.8. The average Bonchev–Trinajstić information content (AvgIpc) is 3.31. The van der Waals surface area contributed by atoms with Crippen molar-refractivity contribution < 1.29 is 14.7 Å². The van der Waals surface area contributed by atoms with Crippen molar-refractivity contribution in [3.8, 4) is 5.69 Å². The maximum absolute atomic E-state index is 12.9. The van der Waals surface area contributed by atoms with E-state index in [1.54, 1.807) is 18.2 Å². The second-order valence-corrected chi connectivity index (χ2v) is 6.77. The van der Waals surface area contributed by atoms with E-state index >= 15 is 0 Å². The summed E-state index contributed by atoms with van der Waals surface area (Å²) >= 11 is 6.06. The second kappa shape index (κ2) is 6.00. The number of amides is 1. The van der Waals surface area contributed by atoms with Crippen molar-refractivity contribution >= 4 is 29.2 Å². The normalized spacial score (nSPS) is 26.8. The number of carbonyl (C=O) groups excluding carboxylic acids is 1. The summed E-state index contributed by atoms with van der Waals surface area (Å²) in [6.07, 6.45) is 7.47. The number of aliphatic carboxylic acids is 1. The lowest BCUT2D eigenvalue weighted by Crippen LogP contribution is -2.36. The molecule has 2 N–H and O–H groups in total. The number of hydrogen-bond acceptors (Lipinski definition) is 4. The number of benzene rings is 1. The molecule has 2 aliphatic rings. The lowest BCUT2D eigenvalue weighted by Gasteiger charge is -2.24. The van der Waals surface area contributed by atoms with Gasteiger partial charge in [0.05, 0.1) is 23.2 Å². The van der Waals surface area contributed by atoms with Crippen molar-refractivity contribution in [1.82, 2.24) is 14.8 Å². The Labute approximate surface area is 148 Å². The first-order chi connectivity index (χ1) is 12.0. The Kier molecular flexibility index (Phi) is 3.80. The first-order valence-corrected chi connectivity index (χ1v) is 8.29. The van der Waals surface area contributed by atoms with Crippen molar-refractivity contribution in [1.29, 1.82) is 0 Å². The van der Waals surface area contributed by atoms with Gasteiger partial charge in [-0.1, -0.05) is 23.8 Å². The van der Waals surface area contributed by atoms with E-state index in [4.69, 9.17) is 11.6 Å². The van der Waals surface area contributed by atoms with E-state index in [0.29, 0.717) is 22.8 Å². The van der Waals surface area contributed by atoms with Crippen LogP contribution in [0.3, 0.4) is 0 Å². The molecule has 25 heavy (non-hydrogen) atoms. The Hall–Kier alpha value is -2.67. The Morgan fingerprint density at radius 3 is 2.68 bits per heavy atom. The zero-order valence-electron chi connectivity index (χ0n) is 13.0. The van der Waals surface area contributed by atoms with Gasteiger partial charge in [-0.2, -0.15) is 5.10 Å². The summed E-state index contributed by atoms with van der Waals surface area (Å²) in [6, 6.07) is 5.03. The van der Waals surface area contributed by atoms with Gasteiger partial charge in [0, 0.05) is 5.02 Å².